The molecule has 37 heavy (non-hydrogen) atoms. The third-order valence-corrected chi connectivity index (χ3v) is 35.6. The molecule has 0 atom stereocenters. The van der Waals surface area contributed by atoms with Crippen LogP contribution in [-0.4, -0.2) is 60.2 Å². The molecule has 0 aliphatic heterocycles. The molecule has 2 nitrogen and oxygen atoms in total. The van der Waals surface area contributed by atoms with E-state index in [2.05, 4.69) is 98.2 Å². The summed E-state index contributed by atoms with van der Waals surface area (Å²) in [4.78, 5) is 4.97. The van der Waals surface area contributed by atoms with Crippen molar-refractivity contribution in [2.75, 3.05) is 26.2 Å². The number of unbranched alkanes of at least 4 members (excludes halogenated alkanes) is 4. The fourth-order valence-corrected chi connectivity index (χ4v) is 36.3. The number of nitrogens with zero attached hydrogens (tertiary/aromatic N) is 2. The molecule has 0 aromatic heterocycles. The van der Waals surface area contributed by atoms with Crippen molar-refractivity contribution in [1.29, 1.82) is 0 Å². The summed E-state index contributed by atoms with van der Waals surface area (Å²) in [6.45, 7) is 13.2. The quantitative estimate of drug-likeness (QED) is 0.130. The van der Waals surface area contributed by atoms with Crippen LogP contribution in [0.1, 0.15) is 79.1 Å². The van der Waals surface area contributed by atoms with Gasteiger partial charge in [-0.15, -0.1) is 0 Å². The molecule has 0 heterocycles. The maximum atomic E-state index is 6.28. The van der Waals surface area contributed by atoms with E-state index in [1.165, 1.54) is 58.5 Å². The van der Waals surface area contributed by atoms with Gasteiger partial charge in [0.25, 0.3) is 0 Å². The van der Waals surface area contributed by atoms with Crippen molar-refractivity contribution in [2.24, 2.45) is 0 Å². The molecule has 7 heteroatoms. The van der Waals surface area contributed by atoms with Crippen molar-refractivity contribution in [3.05, 3.63) is 60.7 Å². The first-order valence-corrected chi connectivity index (χ1v) is 26.4. The second-order valence-electron chi connectivity index (χ2n) is 9.47. The molecule has 0 aliphatic carbocycles. The molecular formula is C30H46N2S4Sn. The topological polar surface area (TPSA) is 6.48 Å². The van der Waals surface area contributed by atoms with Crippen LogP contribution in [0.25, 0.3) is 0 Å². The molecular weight excluding hydrogens is 635 g/mol. The minimum absolute atomic E-state index is 1.04. The van der Waals surface area contributed by atoms with Gasteiger partial charge in [-0.1, -0.05) is 0 Å². The van der Waals surface area contributed by atoms with Crippen LogP contribution in [0.5, 0.6) is 0 Å². The fraction of sp³-hybridized carbons (Fsp3) is 0.533. The molecule has 0 saturated heterocycles. The van der Waals surface area contributed by atoms with Crippen molar-refractivity contribution < 1.29 is 0 Å². The van der Waals surface area contributed by atoms with Crippen molar-refractivity contribution in [1.82, 2.24) is 9.80 Å². The summed E-state index contributed by atoms with van der Waals surface area (Å²) < 4.78 is 5.02. The maximum absolute atomic E-state index is 6.28. The van der Waals surface area contributed by atoms with Crippen LogP contribution in [0.3, 0.4) is 0 Å². The first kappa shape index (κ1) is 32.9. The van der Waals surface area contributed by atoms with Gasteiger partial charge in [0, 0.05) is 0 Å². The van der Waals surface area contributed by atoms with E-state index < -0.39 is 15.6 Å². The third-order valence-electron chi connectivity index (χ3n) is 6.41. The van der Waals surface area contributed by atoms with Gasteiger partial charge in [0.2, 0.25) is 0 Å². The summed E-state index contributed by atoms with van der Waals surface area (Å²) in [5.74, 6) is 0. The van der Waals surface area contributed by atoms with E-state index in [-0.39, 0.29) is 0 Å². The summed E-state index contributed by atoms with van der Waals surface area (Å²) in [5.41, 5.74) is 0. The molecule has 0 fully saturated rings. The molecule has 0 saturated carbocycles. The van der Waals surface area contributed by atoms with Gasteiger partial charge in [-0.25, -0.2) is 0 Å². The molecule has 2 aromatic carbocycles. The van der Waals surface area contributed by atoms with Crippen molar-refractivity contribution >= 4 is 73.7 Å². The zero-order valence-corrected chi connectivity index (χ0v) is 29.4. The van der Waals surface area contributed by atoms with Gasteiger partial charge in [0.1, 0.15) is 0 Å². The van der Waals surface area contributed by atoms with E-state index in [0.717, 1.165) is 34.8 Å². The molecule has 2 rings (SSSR count). The van der Waals surface area contributed by atoms with E-state index in [1.807, 2.05) is 17.9 Å². The minimum atomic E-state index is -3.53. The molecule has 0 spiro atoms. The van der Waals surface area contributed by atoms with Crippen LogP contribution in [-0.2, 0) is 0 Å². The molecule has 0 aliphatic rings. The molecule has 0 bridgehead atoms. The van der Waals surface area contributed by atoms with E-state index in [4.69, 9.17) is 24.4 Å². The van der Waals surface area contributed by atoms with Gasteiger partial charge in [0.05, 0.1) is 0 Å². The summed E-state index contributed by atoms with van der Waals surface area (Å²) in [7, 11) is 4.03. The number of thiocarbonyl (C=S) groups is 2. The number of hydrogen-bond acceptors (Lipinski definition) is 4. The summed E-state index contributed by atoms with van der Waals surface area (Å²) >= 11 is 9.03. The van der Waals surface area contributed by atoms with Crippen LogP contribution >= 0.6 is 42.3 Å². The van der Waals surface area contributed by atoms with E-state index >= 15 is 0 Å². The predicted molar refractivity (Wildman–Crippen MR) is 181 cm³/mol. The van der Waals surface area contributed by atoms with Crippen LogP contribution in [0.15, 0.2) is 60.7 Å². The first-order valence-electron chi connectivity index (χ1n) is 14.1. The first-order chi connectivity index (χ1) is 18.0. The number of benzene rings is 2. The van der Waals surface area contributed by atoms with Crippen molar-refractivity contribution in [3.8, 4) is 0 Å². The zero-order chi connectivity index (χ0) is 26.9. The average Bonchev–Trinajstić information content (AvgIpc) is 2.93. The van der Waals surface area contributed by atoms with Gasteiger partial charge in [-0.2, -0.15) is 0 Å². The average molecular weight is 682 g/mol. The molecule has 0 N–H and O–H groups in total. The summed E-state index contributed by atoms with van der Waals surface area (Å²) in [6, 6.07) is 22.3. The van der Waals surface area contributed by atoms with Crippen LogP contribution in [0.4, 0.5) is 0 Å². The Morgan fingerprint density at radius 1 is 0.568 bits per heavy atom. The van der Waals surface area contributed by atoms with Gasteiger partial charge in [-0.3, -0.25) is 0 Å². The van der Waals surface area contributed by atoms with Crippen LogP contribution < -0.4 is 7.16 Å². The monoisotopic (exact) mass is 682 g/mol. The zero-order valence-electron chi connectivity index (χ0n) is 23.3. The Balaban J connectivity index is 2.55. The summed E-state index contributed by atoms with van der Waals surface area (Å²) in [5, 5.41) is 0. The Morgan fingerprint density at radius 3 is 1.14 bits per heavy atom. The normalized spacial score (nSPS) is 11.4. The van der Waals surface area contributed by atoms with Gasteiger partial charge in [-0.05, 0) is 0 Å². The molecule has 2 aromatic rings. The Bertz CT molecular complexity index is 819. The van der Waals surface area contributed by atoms with Crippen molar-refractivity contribution in [2.45, 2.75) is 79.1 Å². The Kier molecular flexibility index (Phi) is 16.8. The molecule has 204 valence electrons. The Labute approximate surface area is 247 Å². The fourth-order valence-electron chi connectivity index (χ4n) is 4.10. The second kappa shape index (κ2) is 18.9. The summed E-state index contributed by atoms with van der Waals surface area (Å²) in [6.07, 6.45) is 9.45. The number of hydrogen-bond donors (Lipinski definition) is 0. The SMILES string of the molecule is CCCCN(CCCC)C(=S)[S][Sn]([S]C(=S)N(CCCC)CCCC)([c]1ccccc1)[c]1ccccc1. The standard InChI is InChI=1S/2C9H19NS2.2C6H5.Sn/c2*1-3-5-7-10(9(11)12)8-6-4-2;2*1-2-4-6-5-3-1;/h2*3-8H2,1-2H3,(H,11,12);2*1-5H;/q;;;;+2/p-2. The van der Waals surface area contributed by atoms with E-state index in [1.54, 1.807) is 0 Å². The third kappa shape index (κ3) is 10.7. The Morgan fingerprint density at radius 2 is 0.865 bits per heavy atom. The molecule has 0 radical (unpaired) electrons. The molecule has 0 amide bonds. The predicted octanol–water partition coefficient (Wildman–Crippen LogP) is 8.08. The van der Waals surface area contributed by atoms with Crippen molar-refractivity contribution in [3.63, 3.8) is 0 Å². The van der Waals surface area contributed by atoms with Gasteiger partial charge < -0.3 is 0 Å². The van der Waals surface area contributed by atoms with E-state index in [9.17, 15) is 0 Å². The van der Waals surface area contributed by atoms with Gasteiger partial charge >= 0.3 is 249 Å². The second-order valence-corrected chi connectivity index (χ2v) is 32.2. The van der Waals surface area contributed by atoms with Crippen LogP contribution in [0, 0.1) is 0 Å². The molecule has 0 unspecified atom stereocenters. The Hall–Kier alpha value is -0.281. The van der Waals surface area contributed by atoms with Gasteiger partial charge in [0.15, 0.2) is 0 Å². The number of rotatable bonds is 16. The van der Waals surface area contributed by atoms with E-state index in [0.29, 0.717) is 0 Å². The van der Waals surface area contributed by atoms with Crippen LogP contribution in [0.2, 0.25) is 0 Å².